The van der Waals surface area contributed by atoms with Crippen LogP contribution in [0.5, 0.6) is 11.5 Å². The number of nitrogens with zero attached hydrogens (tertiary/aromatic N) is 4. The van der Waals surface area contributed by atoms with Gasteiger partial charge in [-0.2, -0.15) is 9.13 Å². The first-order valence-electron chi connectivity index (χ1n) is 13.5. The minimum Gasteiger partial charge on any atom is -0.456 e. The summed E-state index contributed by atoms with van der Waals surface area (Å²) >= 11 is 0. The molecule has 7 heterocycles. The van der Waals surface area contributed by atoms with Crippen molar-refractivity contribution in [3.05, 3.63) is 127 Å². The lowest BCUT2D eigenvalue weighted by molar-refractivity contribution is -0.993. The summed E-state index contributed by atoms with van der Waals surface area (Å²) in [6, 6.07) is 35.4. The van der Waals surface area contributed by atoms with E-state index in [-0.39, 0.29) is 6.71 Å². The molecule has 0 saturated carbocycles. The molecule has 4 aromatic carbocycles. The molecule has 3 aromatic heterocycles. The summed E-state index contributed by atoms with van der Waals surface area (Å²) in [6.45, 7) is 0.138. The smallest absolute Gasteiger partial charge is 0.397 e. The third-order valence-electron chi connectivity index (χ3n) is 9.44. The van der Waals surface area contributed by atoms with E-state index in [2.05, 4.69) is 134 Å². The summed E-state index contributed by atoms with van der Waals surface area (Å²) in [5.41, 5.74) is 9.50. The third-order valence-corrected chi connectivity index (χ3v) is 9.44. The topological polar surface area (TPSA) is 26.8 Å². The molecule has 4 aliphatic rings. The second-order valence-electron chi connectivity index (χ2n) is 11.0. The Kier molecular flexibility index (Phi) is 2.92. The predicted octanol–water partition coefficient (Wildman–Crippen LogP) is 3.01. The van der Waals surface area contributed by atoms with E-state index >= 15 is 0 Å². The van der Waals surface area contributed by atoms with Crippen LogP contribution in [-0.2, 0) is 5.66 Å². The number of benzene rings is 4. The average molecular weight is 498 g/mol. The summed E-state index contributed by atoms with van der Waals surface area (Å²) < 4.78 is 16.5. The quantitative estimate of drug-likeness (QED) is 0.253. The van der Waals surface area contributed by atoms with Crippen LogP contribution in [0.25, 0.3) is 33.3 Å². The van der Waals surface area contributed by atoms with Crippen molar-refractivity contribution in [2.75, 3.05) is 0 Å². The fraction of sp³-hybridized carbons (Fsp3) is 0.0303. The molecule has 0 amide bonds. The van der Waals surface area contributed by atoms with Crippen LogP contribution in [0.2, 0.25) is 0 Å². The molecule has 6 heteroatoms. The number of pyridine rings is 1. The molecule has 39 heavy (non-hydrogen) atoms. The van der Waals surface area contributed by atoms with Crippen LogP contribution in [0, 0.1) is 0 Å². The second-order valence-corrected chi connectivity index (χ2v) is 11.0. The molecule has 5 nitrogen and oxygen atoms in total. The molecule has 1 unspecified atom stereocenters. The van der Waals surface area contributed by atoms with E-state index in [9.17, 15) is 0 Å². The molecule has 0 N–H and O–H groups in total. The van der Waals surface area contributed by atoms with Crippen molar-refractivity contribution >= 4 is 44.9 Å². The summed E-state index contributed by atoms with van der Waals surface area (Å²) in [5.74, 6) is 3.07. The number of hydrogen-bond donors (Lipinski definition) is 0. The van der Waals surface area contributed by atoms with Crippen LogP contribution < -0.4 is 30.4 Å². The van der Waals surface area contributed by atoms with E-state index in [1.807, 2.05) is 0 Å². The largest absolute Gasteiger partial charge is 0.456 e. The minimum absolute atomic E-state index is 0.138. The Morgan fingerprint density at radius 3 is 2.46 bits per heavy atom. The van der Waals surface area contributed by atoms with Gasteiger partial charge in [-0.1, -0.05) is 64.7 Å². The maximum Gasteiger partial charge on any atom is 0.397 e. The first-order valence-corrected chi connectivity index (χ1v) is 13.5. The molecule has 1 spiro atoms. The van der Waals surface area contributed by atoms with Gasteiger partial charge in [-0.25, -0.2) is 0 Å². The SMILES string of the molecule is c1ccc(B2c3ccc[n+]4c3-n3c5c2cccc5c2ccc5c(c23)C42c3c(cccc3-n3ccc[n+]32)O5)cc1. The van der Waals surface area contributed by atoms with Crippen molar-refractivity contribution in [3.8, 4) is 23.0 Å². The zero-order valence-corrected chi connectivity index (χ0v) is 20.7. The normalized spacial score (nSPS) is 18.0. The fourth-order valence-corrected chi connectivity index (χ4v) is 8.22. The van der Waals surface area contributed by atoms with Crippen LogP contribution >= 0.6 is 0 Å². The number of ether oxygens (including phenoxy) is 1. The molecule has 0 fully saturated rings. The lowest BCUT2D eigenvalue weighted by Crippen LogP contribution is -2.78. The van der Waals surface area contributed by atoms with Gasteiger partial charge in [0.15, 0.2) is 11.1 Å². The van der Waals surface area contributed by atoms with E-state index in [0.717, 1.165) is 17.2 Å². The molecule has 11 rings (SSSR count). The van der Waals surface area contributed by atoms with E-state index in [1.54, 1.807) is 0 Å². The molecule has 4 aliphatic heterocycles. The van der Waals surface area contributed by atoms with Crippen molar-refractivity contribution in [2.45, 2.75) is 5.66 Å². The van der Waals surface area contributed by atoms with Crippen molar-refractivity contribution in [2.24, 2.45) is 0 Å². The highest BCUT2D eigenvalue weighted by atomic mass is 16.5. The van der Waals surface area contributed by atoms with Gasteiger partial charge < -0.3 is 4.74 Å². The Hall–Kier alpha value is -5.10. The van der Waals surface area contributed by atoms with Gasteiger partial charge in [-0.15, -0.1) is 4.68 Å². The highest BCUT2D eigenvalue weighted by Crippen LogP contribution is 2.54. The van der Waals surface area contributed by atoms with Gasteiger partial charge in [0.1, 0.15) is 28.3 Å². The van der Waals surface area contributed by atoms with E-state index in [1.165, 1.54) is 55.1 Å². The zero-order valence-electron chi connectivity index (χ0n) is 20.7. The molecular formula is C33H19BN4O+2. The van der Waals surface area contributed by atoms with Crippen LogP contribution in [0.1, 0.15) is 11.1 Å². The first-order chi connectivity index (χ1) is 19.4. The Bertz CT molecular complexity index is 2280. The second kappa shape index (κ2) is 5.97. The first kappa shape index (κ1) is 19.0. The van der Waals surface area contributed by atoms with E-state index < -0.39 is 5.66 Å². The van der Waals surface area contributed by atoms with Crippen LogP contribution in [0.3, 0.4) is 0 Å². The Balaban J connectivity index is 1.46. The van der Waals surface area contributed by atoms with Crippen LogP contribution in [0.4, 0.5) is 0 Å². The zero-order chi connectivity index (χ0) is 25.0. The van der Waals surface area contributed by atoms with E-state index in [0.29, 0.717) is 0 Å². The Morgan fingerprint density at radius 1 is 0.667 bits per heavy atom. The standard InChI is InChI=1S/C33H19BN4O/c1-2-8-20(9-3-1)34-23-11-4-10-21-22-15-16-27-29-31(22)38(30(21)23)32-24(34)12-6-17-35(32)33(29)28-25(13-5-14-26(28)39-27)36-18-7-19-37(33)36/h1-19H/q+2. The van der Waals surface area contributed by atoms with Gasteiger partial charge >= 0.3 is 5.66 Å². The molecule has 0 bridgehead atoms. The van der Waals surface area contributed by atoms with Gasteiger partial charge in [0.25, 0.3) is 12.5 Å². The molecule has 0 radical (unpaired) electrons. The molecule has 0 aliphatic carbocycles. The Morgan fingerprint density at radius 2 is 1.51 bits per heavy atom. The highest BCUT2D eigenvalue weighted by molar-refractivity contribution is 6.97. The van der Waals surface area contributed by atoms with Gasteiger partial charge in [-0.3, -0.25) is 0 Å². The minimum atomic E-state index is -0.600. The Labute approximate surface area is 223 Å². The predicted molar refractivity (Wildman–Crippen MR) is 150 cm³/mol. The maximum absolute atomic E-state index is 6.72. The van der Waals surface area contributed by atoms with Crippen molar-refractivity contribution in [1.82, 2.24) is 9.25 Å². The molecule has 0 saturated heterocycles. The van der Waals surface area contributed by atoms with Crippen molar-refractivity contribution < 1.29 is 14.0 Å². The van der Waals surface area contributed by atoms with Gasteiger partial charge in [0.2, 0.25) is 6.20 Å². The summed E-state index contributed by atoms with van der Waals surface area (Å²) in [4.78, 5) is 0. The van der Waals surface area contributed by atoms with Crippen molar-refractivity contribution in [3.63, 3.8) is 0 Å². The van der Waals surface area contributed by atoms with Crippen LogP contribution in [0.15, 0.2) is 116 Å². The maximum atomic E-state index is 6.72. The fourth-order valence-electron chi connectivity index (χ4n) is 8.22. The highest BCUT2D eigenvalue weighted by Gasteiger charge is 2.69. The van der Waals surface area contributed by atoms with Gasteiger partial charge in [-0.05, 0) is 41.9 Å². The number of rotatable bonds is 1. The molecule has 1 atom stereocenters. The number of para-hydroxylation sites is 1. The number of aromatic nitrogens is 4. The van der Waals surface area contributed by atoms with Gasteiger partial charge in [0, 0.05) is 22.3 Å². The summed E-state index contributed by atoms with van der Waals surface area (Å²) in [7, 11) is 0. The van der Waals surface area contributed by atoms with Gasteiger partial charge in [0.05, 0.1) is 12.4 Å². The molecule has 178 valence electrons. The lowest BCUT2D eigenvalue weighted by Gasteiger charge is -2.35. The monoisotopic (exact) mass is 498 g/mol. The lowest BCUT2D eigenvalue weighted by atomic mass is 9.36. The molecular weight excluding hydrogens is 479 g/mol. The number of hydrogen-bond acceptors (Lipinski definition) is 1. The van der Waals surface area contributed by atoms with E-state index in [4.69, 9.17) is 4.74 Å². The summed E-state index contributed by atoms with van der Waals surface area (Å²) in [5, 5.41) is 2.57. The average Bonchev–Trinajstić information content (AvgIpc) is 3.67. The van der Waals surface area contributed by atoms with Crippen LogP contribution in [-0.4, -0.2) is 16.0 Å². The molecule has 7 aromatic rings. The third kappa shape index (κ3) is 1.81. The number of fused-ring (bicyclic) bond motifs is 3. The van der Waals surface area contributed by atoms with Crippen molar-refractivity contribution in [1.29, 1.82) is 0 Å². The summed E-state index contributed by atoms with van der Waals surface area (Å²) in [6.07, 6.45) is 6.65.